The predicted molar refractivity (Wildman–Crippen MR) is 97.9 cm³/mol. The first-order valence-corrected chi connectivity index (χ1v) is 7.55. The summed E-state index contributed by atoms with van der Waals surface area (Å²) in [7, 11) is 0. The van der Waals surface area contributed by atoms with E-state index in [1.165, 1.54) is 6.92 Å². The molecular formula is C19H18N4NiO2. The molecule has 1 aromatic carbocycles. The third-order valence-electron chi connectivity index (χ3n) is 2.86. The molecule has 2 heterocycles. The third-order valence-corrected chi connectivity index (χ3v) is 2.86. The number of pyridine rings is 2. The molecule has 0 amide bonds. The number of aromatic nitrogens is 2. The molecule has 3 aromatic rings. The second kappa shape index (κ2) is 11.5. The number of hydrogen-bond donors (Lipinski definition) is 0. The van der Waals surface area contributed by atoms with Crippen molar-refractivity contribution in [3.05, 3.63) is 95.8 Å². The Hall–Kier alpha value is -3.05. The second-order valence-corrected chi connectivity index (χ2v) is 4.87. The van der Waals surface area contributed by atoms with E-state index in [4.69, 9.17) is 9.90 Å². The molecule has 0 bridgehead atoms. The Morgan fingerprint density at radius 2 is 1.50 bits per heavy atom. The molecule has 26 heavy (non-hydrogen) atoms. The number of rotatable bonds is 4. The zero-order valence-corrected chi connectivity index (χ0v) is 15.0. The minimum absolute atomic E-state index is 0. The van der Waals surface area contributed by atoms with Gasteiger partial charge >= 0.3 is 5.97 Å². The molecule has 0 radical (unpaired) electrons. The van der Waals surface area contributed by atoms with Crippen LogP contribution in [0.1, 0.15) is 18.2 Å². The van der Waals surface area contributed by atoms with Crippen LogP contribution in [0.5, 0.6) is 0 Å². The molecule has 0 saturated heterocycles. The van der Waals surface area contributed by atoms with Gasteiger partial charge in [-0.15, -0.1) is 0 Å². The van der Waals surface area contributed by atoms with E-state index in [1.54, 1.807) is 12.4 Å². The van der Waals surface area contributed by atoms with Crippen LogP contribution in [-0.2, 0) is 21.3 Å². The molecule has 6 nitrogen and oxygen atoms in total. The first-order chi connectivity index (χ1) is 12.2. The number of nitrogens with zero attached hydrogens (tertiary/aromatic N) is 4. The van der Waals surface area contributed by atoms with Crippen molar-refractivity contribution in [2.24, 2.45) is 5.10 Å². The summed E-state index contributed by atoms with van der Waals surface area (Å²) in [5, 5.41) is 10.3. The average molecular weight is 393 g/mol. The van der Waals surface area contributed by atoms with Crippen molar-refractivity contribution < 1.29 is 26.4 Å². The van der Waals surface area contributed by atoms with E-state index >= 15 is 0 Å². The molecule has 7 heteroatoms. The Labute approximate surface area is 162 Å². The van der Waals surface area contributed by atoms with Gasteiger partial charge in [-0.1, -0.05) is 60.8 Å². The molecule has 0 aliphatic rings. The van der Waals surface area contributed by atoms with Crippen LogP contribution in [0.4, 0.5) is 5.82 Å². The number of carbonyl (C=O) groups is 1. The van der Waals surface area contributed by atoms with Crippen molar-refractivity contribution in [3.8, 4) is 0 Å². The molecule has 3 rings (SSSR count). The van der Waals surface area contributed by atoms with Crippen molar-refractivity contribution in [1.82, 2.24) is 9.97 Å². The van der Waals surface area contributed by atoms with Crippen molar-refractivity contribution >= 4 is 17.5 Å². The van der Waals surface area contributed by atoms with Gasteiger partial charge in [0.25, 0.3) is 0 Å². The van der Waals surface area contributed by atoms with Crippen LogP contribution in [0.3, 0.4) is 0 Å². The smallest absolute Gasteiger partial charge is 0.512 e. The Kier molecular flexibility index (Phi) is 9.29. The molecule has 136 valence electrons. The predicted octanol–water partition coefficient (Wildman–Crippen LogP) is 3.19. The van der Waals surface area contributed by atoms with Gasteiger partial charge in [0.1, 0.15) is 0 Å². The summed E-state index contributed by atoms with van der Waals surface area (Å²) in [5.41, 5.74) is 6.67. The van der Waals surface area contributed by atoms with Crippen molar-refractivity contribution in [2.45, 2.75) is 6.92 Å². The molecule has 2 aromatic heterocycles. The quantitative estimate of drug-likeness (QED) is 0.295. The summed E-state index contributed by atoms with van der Waals surface area (Å²) < 4.78 is 0. The number of carbonyl (C=O) groups excluding carboxylic acids is 1. The van der Waals surface area contributed by atoms with E-state index in [1.807, 2.05) is 66.7 Å². The van der Waals surface area contributed by atoms with Gasteiger partial charge in [-0.25, -0.2) is 0 Å². The van der Waals surface area contributed by atoms with Crippen LogP contribution in [0.25, 0.3) is 5.43 Å². The monoisotopic (exact) mass is 392 g/mol. The Morgan fingerprint density at radius 1 is 0.923 bits per heavy atom. The van der Waals surface area contributed by atoms with Gasteiger partial charge in [0.05, 0.1) is 18.3 Å². The maximum atomic E-state index is 9.11. The fourth-order valence-corrected chi connectivity index (χ4v) is 1.87. The normalized spacial score (nSPS) is 9.96. The minimum atomic E-state index is -0.583. The van der Waals surface area contributed by atoms with Crippen molar-refractivity contribution in [1.29, 1.82) is 0 Å². The fourth-order valence-electron chi connectivity index (χ4n) is 1.87. The molecule has 0 unspecified atom stereocenters. The van der Waals surface area contributed by atoms with Gasteiger partial charge in [0.15, 0.2) is 0 Å². The molecule has 0 aliphatic heterocycles. The summed E-state index contributed by atoms with van der Waals surface area (Å²) in [6.07, 6.45) is 3.44. The van der Waals surface area contributed by atoms with E-state index in [0.29, 0.717) is 5.82 Å². The molecule has 0 atom stereocenters. The zero-order chi connectivity index (χ0) is 17.9. The number of hydrogen-bond acceptors (Lipinski definition) is 4. The largest absolute Gasteiger partial charge is 0.565 e. The van der Waals surface area contributed by atoms with Gasteiger partial charge in [-0.05, 0) is 18.0 Å². The fraction of sp³-hybridized carbons (Fsp3) is 0.0526. The number of benzene rings is 1. The van der Waals surface area contributed by atoms with Gasteiger partial charge in [0, 0.05) is 33.0 Å². The SMILES string of the molecule is CC(=O)[OH2+].[Ni].c1ccc(C(=N[N-]c2ccccn2)c2ccccn2)cc1. The van der Waals surface area contributed by atoms with Crippen LogP contribution in [0, 0.1) is 0 Å². The zero-order valence-electron chi connectivity index (χ0n) is 14.0. The summed E-state index contributed by atoms with van der Waals surface area (Å²) in [5.74, 6) is -0.0122. The van der Waals surface area contributed by atoms with Crippen LogP contribution in [0.15, 0.2) is 84.2 Å². The van der Waals surface area contributed by atoms with Gasteiger partial charge < -0.3 is 15.5 Å². The van der Waals surface area contributed by atoms with Gasteiger partial charge in [0.2, 0.25) is 0 Å². The Bertz CT molecular complexity index is 767. The summed E-state index contributed by atoms with van der Waals surface area (Å²) in [6.45, 7) is 1.19. The third kappa shape index (κ3) is 7.24. The maximum absolute atomic E-state index is 9.11. The summed E-state index contributed by atoms with van der Waals surface area (Å²) >= 11 is 0. The standard InChI is InChI=1S/C17H13N4.C2H4O2.Ni/c1-2-8-14(9-3-1)17(15-10-4-6-12-18-15)21-20-16-11-5-7-13-19-16;1-2(3)4;/h1-13H;1H3,(H,3,4);/q-1;;/p+1. The van der Waals surface area contributed by atoms with Crippen molar-refractivity contribution in [3.63, 3.8) is 0 Å². The summed E-state index contributed by atoms with van der Waals surface area (Å²) in [4.78, 5) is 17.6. The van der Waals surface area contributed by atoms with Crippen LogP contribution in [-0.4, -0.2) is 26.8 Å². The van der Waals surface area contributed by atoms with Gasteiger partial charge in [-0.3, -0.25) is 10.1 Å². The second-order valence-electron chi connectivity index (χ2n) is 4.87. The van der Waals surface area contributed by atoms with Crippen LogP contribution in [0.2, 0.25) is 0 Å². The molecule has 2 N–H and O–H groups in total. The van der Waals surface area contributed by atoms with E-state index in [9.17, 15) is 0 Å². The summed E-state index contributed by atoms with van der Waals surface area (Å²) in [6, 6.07) is 21.1. The maximum Gasteiger partial charge on any atom is 0.512 e. The molecule has 0 aliphatic carbocycles. The van der Waals surface area contributed by atoms with E-state index in [2.05, 4.69) is 20.5 Å². The molecule has 0 fully saturated rings. The first-order valence-electron chi connectivity index (χ1n) is 7.55. The molecule has 0 saturated carbocycles. The van der Waals surface area contributed by atoms with E-state index < -0.39 is 5.97 Å². The Morgan fingerprint density at radius 3 is 2.04 bits per heavy atom. The first kappa shape index (κ1) is 21.0. The van der Waals surface area contributed by atoms with Gasteiger partial charge in [-0.2, -0.15) is 0 Å². The van der Waals surface area contributed by atoms with E-state index in [-0.39, 0.29) is 16.5 Å². The minimum Gasteiger partial charge on any atom is -0.565 e. The molecule has 0 spiro atoms. The average Bonchev–Trinajstić information content (AvgIpc) is 2.64. The topological polar surface area (TPSA) is 92.2 Å². The van der Waals surface area contributed by atoms with Crippen molar-refractivity contribution in [2.75, 3.05) is 0 Å². The van der Waals surface area contributed by atoms with Crippen LogP contribution < -0.4 is 0 Å². The van der Waals surface area contributed by atoms with E-state index in [0.717, 1.165) is 17.0 Å². The van der Waals surface area contributed by atoms with Crippen LogP contribution >= 0.6 is 0 Å². The Balaban J connectivity index is 0.000000616. The molecular weight excluding hydrogens is 375 g/mol.